The highest BCUT2D eigenvalue weighted by molar-refractivity contribution is 7.78. The van der Waals surface area contributed by atoms with Crippen LogP contribution in [0.4, 0.5) is 0 Å². The number of hydrogen-bond acceptors (Lipinski definition) is 3. The first-order chi connectivity index (χ1) is 12.4. The molecule has 2 nitrogen and oxygen atoms in total. The van der Waals surface area contributed by atoms with E-state index in [2.05, 4.69) is 91.6 Å². The zero-order chi connectivity index (χ0) is 18.7. The lowest BCUT2D eigenvalue weighted by atomic mass is 9.80. The van der Waals surface area contributed by atoms with Crippen molar-refractivity contribution in [2.75, 3.05) is 6.54 Å². The summed E-state index contributed by atoms with van der Waals surface area (Å²) in [5, 5.41) is 5.16. The van der Waals surface area contributed by atoms with Crippen LogP contribution in [0.15, 0.2) is 65.7 Å². The van der Waals surface area contributed by atoms with E-state index in [0.29, 0.717) is 6.54 Å². The van der Waals surface area contributed by atoms with Crippen LogP contribution in [0.3, 0.4) is 0 Å². The summed E-state index contributed by atoms with van der Waals surface area (Å²) in [7, 11) is -2.53. The van der Waals surface area contributed by atoms with Crippen LogP contribution >= 0.6 is 12.2 Å². The van der Waals surface area contributed by atoms with Gasteiger partial charge in [-0.25, -0.2) is 4.99 Å². The fraction of sp³-hybridized carbons (Fsp3) is 0.409. The topological polar surface area (TPSA) is 21.6 Å². The Bertz CT molecular complexity index is 735. The van der Waals surface area contributed by atoms with Crippen molar-refractivity contribution in [3.05, 3.63) is 60.7 Å². The van der Waals surface area contributed by atoms with E-state index in [1.54, 1.807) is 0 Å². The molecule has 0 unspecified atom stereocenters. The van der Waals surface area contributed by atoms with Crippen molar-refractivity contribution < 1.29 is 4.43 Å². The van der Waals surface area contributed by atoms with Gasteiger partial charge in [-0.15, -0.1) is 0 Å². The zero-order valence-corrected chi connectivity index (χ0v) is 17.7. The molecule has 4 heteroatoms. The molecule has 0 spiro atoms. The van der Waals surface area contributed by atoms with Gasteiger partial charge in [0.05, 0.1) is 17.3 Å². The fourth-order valence-corrected chi connectivity index (χ4v) is 8.93. The highest BCUT2D eigenvalue weighted by atomic mass is 32.1. The van der Waals surface area contributed by atoms with E-state index in [4.69, 9.17) is 16.6 Å². The lowest BCUT2D eigenvalue weighted by molar-refractivity contribution is -0.00710. The van der Waals surface area contributed by atoms with E-state index >= 15 is 0 Å². The van der Waals surface area contributed by atoms with Crippen molar-refractivity contribution in [2.45, 2.75) is 50.7 Å². The largest absolute Gasteiger partial charge is 0.400 e. The fourth-order valence-electron chi connectivity index (χ4n) is 4.01. The van der Waals surface area contributed by atoms with E-state index in [9.17, 15) is 0 Å². The first kappa shape index (κ1) is 19.2. The zero-order valence-electron chi connectivity index (χ0n) is 15.9. The molecule has 2 aromatic carbocycles. The predicted molar refractivity (Wildman–Crippen MR) is 115 cm³/mol. The molecule has 1 saturated carbocycles. The van der Waals surface area contributed by atoms with Gasteiger partial charge in [-0.1, -0.05) is 81.4 Å². The summed E-state index contributed by atoms with van der Waals surface area (Å²) in [4.78, 5) is 4.28. The quantitative estimate of drug-likeness (QED) is 0.415. The van der Waals surface area contributed by atoms with Gasteiger partial charge >= 0.3 is 0 Å². The third-order valence-corrected chi connectivity index (χ3v) is 10.8. The Labute approximate surface area is 163 Å². The third-order valence-electron chi connectivity index (χ3n) is 5.48. The Morgan fingerprint density at radius 1 is 1.00 bits per heavy atom. The van der Waals surface area contributed by atoms with E-state index in [-0.39, 0.29) is 10.6 Å². The van der Waals surface area contributed by atoms with Crippen LogP contribution in [-0.2, 0) is 4.43 Å². The monoisotopic (exact) mass is 381 g/mol. The minimum Gasteiger partial charge on any atom is -0.400 e. The van der Waals surface area contributed by atoms with E-state index in [1.807, 2.05) is 0 Å². The second kappa shape index (κ2) is 7.57. The van der Waals surface area contributed by atoms with Crippen LogP contribution < -0.4 is 10.4 Å². The molecule has 136 valence electrons. The normalized spacial score (nSPS) is 16.4. The van der Waals surface area contributed by atoms with Gasteiger partial charge in [0, 0.05) is 0 Å². The Balaban J connectivity index is 2.19. The van der Waals surface area contributed by atoms with Crippen LogP contribution in [-0.4, -0.2) is 25.6 Å². The molecule has 2 aromatic rings. The number of benzene rings is 2. The van der Waals surface area contributed by atoms with Crippen molar-refractivity contribution in [1.29, 1.82) is 0 Å². The summed E-state index contributed by atoms with van der Waals surface area (Å²) in [5.41, 5.74) is -0.211. The van der Waals surface area contributed by atoms with Crippen molar-refractivity contribution in [3.63, 3.8) is 0 Å². The van der Waals surface area contributed by atoms with Gasteiger partial charge in [-0.2, -0.15) is 0 Å². The second-order valence-corrected chi connectivity index (χ2v) is 12.6. The van der Waals surface area contributed by atoms with Gasteiger partial charge in [0.2, 0.25) is 0 Å². The van der Waals surface area contributed by atoms with Crippen LogP contribution in [0.1, 0.15) is 40.0 Å². The van der Waals surface area contributed by atoms with Gasteiger partial charge in [-0.3, -0.25) is 0 Å². The van der Waals surface area contributed by atoms with E-state index in [1.165, 1.54) is 16.8 Å². The number of hydrogen-bond donors (Lipinski definition) is 0. The van der Waals surface area contributed by atoms with E-state index in [0.717, 1.165) is 12.8 Å². The summed E-state index contributed by atoms with van der Waals surface area (Å²) >= 11 is 4.83. The third kappa shape index (κ3) is 3.47. The maximum atomic E-state index is 7.26. The standard InChI is InChI=1S/C22H27NOSSi/c1-21(2,3)26(19-11-6-4-7-12-19,20-13-8-5-9-14-20)24-22(15-10-16-22)17-23-18-25/h4-9,11-14H,10,15-17H2,1-3H3. The average Bonchev–Trinajstić information content (AvgIpc) is 2.61. The molecule has 0 aromatic heterocycles. The minimum atomic E-state index is -2.53. The predicted octanol–water partition coefficient (Wildman–Crippen LogP) is 4.59. The molecule has 1 fully saturated rings. The number of aliphatic imine (C=N–C) groups is 1. The summed E-state index contributed by atoms with van der Waals surface area (Å²) in [6, 6.07) is 21.6. The molecule has 26 heavy (non-hydrogen) atoms. The summed E-state index contributed by atoms with van der Waals surface area (Å²) in [6.45, 7) is 7.55. The molecule has 1 aliphatic rings. The molecule has 0 radical (unpaired) electrons. The highest BCUT2D eigenvalue weighted by Crippen LogP contribution is 2.45. The molecule has 1 aliphatic carbocycles. The first-order valence-corrected chi connectivity index (χ1v) is 11.6. The summed E-state index contributed by atoms with van der Waals surface area (Å²) < 4.78 is 7.26. The lowest BCUT2D eigenvalue weighted by Gasteiger charge is -2.52. The molecule has 0 amide bonds. The van der Waals surface area contributed by atoms with Crippen molar-refractivity contribution in [3.8, 4) is 0 Å². The Kier molecular flexibility index (Phi) is 5.59. The van der Waals surface area contributed by atoms with Crippen LogP contribution in [0.25, 0.3) is 0 Å². The lowest BCUT2D eigenvalue weighted by Crippen LogP contribution is -2.71. The van der Waals surface area contributed by atoms with Gasteiger partial charge in [-0.05, 0) is 46.9 Å². The van der Waals surface area contributed by atoms with Gasteiger partial charge in [0.25, 0.3) is 8.32 Å². The molecule has 3 rings (SSSR count). The number of thiocarbonyl (C=S) groups is 1. The van der Waals surface area contributed by atoms with Crippen LogP contribution in [0.2, 0.25) is 5.04 Å². The molecule has 0 heterocycles. The summed E-state index contributed by atoms with van der Waals surface area (Å²) in [5.74, 6) is 0. The SMILES string of the molecule is CC(C)(C)[Si](OC1(CN=C=S)CCC1)(c1ccccc1)c1ccccc1. The minimum absolute atomic E-state index is 0.0142. The highest BCUT2D eigenvalue weighted by Gasteiger charge is 2.55. The van der Waals surface area contributed by atoms with Gasteiger partial charge in [0.15, 0.2) is 0 Å². The van der Waals surface area contributed by atoms with Crippen molar-refractivity contribution in [1.82, 2.24) is 0 Å². The molecule has 0 saturated heterocycles. The van der Waals surface area contributed by atoms with Gasteiger partial charge < -0.3 is 4.43 Å². The molecule has 0 atom stereocenters. The first-order valence-electron chi connectivity index (χ1n) is 9.28. The Morgan fingerprint density at radius 2 is 1.50 bits per heavy atom. The van der Waals surface area contributed by atoms with Gasteiger partial charge in [0.1, 0.15) is 0 Å². The number of nitrogens with zero attached hydrogens (tertiary/aromatic N) is 1. The maximum absolute atomic E-state index is 7.26. The Hall–Kier alpha value is -1.58. The molecular weight excluding hydrogens is 354 g/mol. The molecule has 0 bridgehead atoms. The van der Waals surface area contributed by atoms with Crippen molar-refractivity contribution >= 4 is 36.1 Å². The maximum Gasteiger partial charge on any atom is 0.261 e. The molecule has 0 aliphatic heterocycles. The average molecular weight is 382 g/mol. The van der Waals surface area contributed by atoms with Crippen molar-refractivity contribution in [2.24, 2.45) is 4.99 Å². The summed E-state index contributed by atoms with van der Waals surface area (Å²) in [6.07, 6.45) is 3.27. The number of isothiocyanates is 1. The van der Waals surface area contributed by atoms with E-state index < -0.39 is 8.32 Å². The smallest absolute Gasteiger partial charge is 0.261 e. The Morgan fingerprint density at radius 3 is 1.85 bits per heavy atom. The second-order valence-electron chi connectivity index (χ2n) is 8.21. The molecular formula is C22H27NOSSi. The van der Waals surface area contributed by atoms with Crippen LogP contribution in [0.5, 0.6) is 0 Å². The number of rotatable bonds is 6. The van der Waals surface area contributed by atoms with Crippen LogP contribution in [0, 0.1) is 0 Å². The molecule has 0 N–H and O–H groups in total.